The van der Waals surface area contributed by atoms with Crippen molar-refractivity contribution in [2.75, 3.05) is 26.7 Å². The van der Waals surface area contributed by atoms with Crippen molar-refractivity contribution in [3.05, 3.63) is 29.6 Å². The van der Waals surface area contributed by atoms with E-state index in [2.05, 4.69) is 21.3 Å². The van der Waals surface area contributed by atoms with E-state index in [1.165, 1.54) is 6.42 Å². The van der Waals surface area contributed by atoms with Crippen molar-refractivity contribution in [3.63, 3.8) is 0 Å². The molecule has 1 aliphatic rings. The van der Waals surface area contributed by atoms with Crippen molar-refractivity contribution in [2.24, 2.45) is 5.92 Å². The first-order valence-electron chi connectivity index (χ1n) is 6.04. The Morgan fingerprint density at radius 2 is 2.53 bits per heavy atom. The molecule has 1 saturated heterocycles. The molecule has 0 bridgehead atoms. The third-order valence-corrected chi connectivity index (χ3v) is 3.25. The van der Waals surface area contributed by atoms with Crippen molar-refractivity contribution >= 4 is 0 Å². The zero-order chi connectivity index (χ0) is 12.1. The smallest absolute Gasteiger partial charge is 0.144 e. The molecule has 1 fully saturated rings. The number of pyridine rings is 1. The second-order valence-electron chi connectivity index (χ2n) is 4.57. The standard InChI is InChI=1S/C13H18N4/c1-15-8-11-4-6-17(9-11)10-12-3-2-5-16-13(12)7-14/h2-3,5,11,15H,4,6,8-10H2,1H3. The molecule has 0 saturated carbocycles. The normalized spacial score (nSPS) is 20.4. The molecule has 4 nitrogen and oxygen atoms in total. The zero-order valence-electron chi connectivity index (χ0n) is 10.2. The van der Waals surface area contributed by atoms with Gasteiger partial charge in [-0.25, -0.2) is 4.98 Å². The van der Waals surface area contributed by atoms with Gasteiger partial charge in [-0.15, -0.1) is 0 Å². The van der Waals surface area contributed by atoms with Crippen LogP contribution in [0.2, 0.25) is 0 Å². The van der Waals surface area contributed by atoms with E-state index in [9.17, 15) is 0 Å². The quantitative estimate of drug-likeness (QED) is 0.838. The van der Waals surface area contributed by atoms with Crippen molar-refractivity contribution in [2.45, 2.75) is 13.0 Å². The van der Waals surface area contributed by atoms with Crippen LogP contribution in [0.5, 0.6) is 0 Å². The maximum absolute atomic E-state index is 8.99. The highest BCUT2D eigenvalue weighted by Gasteiger charge is 2.22. The highest BCUT2D eigenvalue weighted by Crippen LogP contribution is 2.18. The van der Waals surface area contributed by atoms with E-state index in [0.717, 1.165) is 37.7 Å². The molecule has 2 heterocycles. The van der Waals surface area contributed by atoms with E-state index in [4.69, 9.17) is 5.26 Å². The van der Waals surface area contributed by atoms with Gasteiger partial charge in [0.15, 0.2) is 0 Å². The van der Waals surface area contributed by atoms with Crippen LogP contribution in [0.3, 0.4) is 0 Å². The first-order chi connectivity index (χ1) is 8.33. The summed E-state index contributed by atoms with van der Waals surface area (Å²) in [6, 6.07) is 6.05. The van der Waals surface area contributed by atoms with Crippen LogP contribution in [0.1, 0.15) is 17.7 Å². The summed E-state index contributed by atoms with van der Waals surface area (Å²) in [6.07, 6.45) is 2.92. The number of aromatic nitrogens is 1. The van der Waals surface area contributed by atoms with Crippen LogP contribution in [-0.4, -0.2) is 36.6 Å². The van der Waals surface area contributed by atoms with Gasteiger partial charge in [0.25, 0.3) is 0 Å². The lowest BCUT2D eigenvalue weighted by Gasteiger charge is -2.16. The Labute approximate surface area is 102 Å². The topological polar surface area (TPSA) is 52.0 Å². The summed E-state index contributed by atoms with van der Waals surface area (Å²) in [4.78, 5) is 6.50. The number of hydrogen-bond donors (Lipinski definition) is 1. The second-order valence-corrected chi connectivity index (χ2v) is 4.57. The van der Waals surface area contributed by atoms with Crippen LogP contribution < -0.4 is 5.32 Å². The molecule has 0 spiro atoms. The van der Waals surface area contributed by atoms with Gasteiger partial charge in [0.05, 0.1) is 0 Å². The van der Waals surface area contributed by atoms with Gasteiger partial charge in [-0.2, -0.15) is 5.26 Å². The van der Waals surface area contributed by atoms with Crippen LogP contribution in [-0.2, 0) is 6.54 Å². The van der Waals surface area contributed by atoms with Crippen molar-refractivity contribution in [3.8, 4) is 6.07 Å². The van der Waals surface area contributed by atoms with Gasteiger partial charge in [0.2, 0.25) is 0 Å². The molecule has 0 amide bonds. The van der Waals surface area contributed by atoms with Crippen LogP contribution in [0.15, 0.2) is 18.3 Å². The molecule has 0 radical (unpaired) electrons. The number of nitrogens with zero attached hydrogens (tertiary/aromatic N) is 3. The van der Waals surface area contributed by atoms with Crippen molar-refractivity contribution < 1.29 is 0 Å². The van der Waals surface area contributed by atoms with E-state index in [1.807, 2.05) is 19.2 Å². The summed E-state index contributed by atoms with van der Waals surface area (Å²) >= 11 is 0. The number of nitrogens with one attached hydrogen (secondary N) is 1. The lowest BCUT2D eigenvalue weighted by molar-refractivity contribution is 0.315. The fraction of sp³-hybridized carbons (Fsp3) is 0.538. The van der Waals surface area contributed by atoms with Crippen LogP contribution in [0, 0.1) is 17.2 Å². The fourth-order valence-electron chi connectivity index (χ4n) is 2.42. The van der Waals surface area contributed by atoms with E-state index in [1.54, 1.807) is 6.20 Å². The molecule has 1 aromatic heterocycles. The molecule has 2 rings (SSSR count). The minimum absolute atomic E-state index is 0.560. The summed E-state index contributed by atoms with van der Waals surface area (Å²) in [5.41, 5.74) is 1.60. The largest absolute Gasteiger partial charge is 0.319 e. The molecule has 1 aromatic rings. The lowest BCUT2D eigenvalue weighted by Crippen LogP contribution is -2.24. The number of nitriles is 1. The van der Waals surface area contributed by atoms with E-state index >= 15 is 0 Å². The third-order valence-electron chi connectivity index (χ3n) is 3.25. The van der Waals surface area contributed by atoms with Crippen molar-refractivity contribution in [1.29, 1.82) is 5.26 Å². The summed E-state index contributed by atoms with van der Waals surface area (Å²) in [7, 11) is 2.00. The summed E-state index contributed by atoms with van der Waals surface area (Å²) in [5, 5.41) is 12.2. The molecule has 1 atom stereocenters. The Morgan fingerprint density at radius 3 is 3.29 bits per heavy atom. The fourth-order valence-corrected chi connectivity index (χ4v) is 2.42. The molecule has 1 unspecified atom stereocenters. The Kier molecular flexibility index (Phi) is 4.08. The average molecular weight is 230 g/mol. The summed E-state index contributed by atoms with van der Waals surface area (Å²) in [6.45, 7) is 4.15. The molecule has 17 heavy (non-hydrogen) atoms. The SMILES string of the molecule is CNCC1CCN(Cc2cccnc2C#N)C1. The van der Waals surface area contributed by atoms with E-state index in [-0.39, 0.29) is 0 Å². The monoisotopic (exact) mass is 230 g/mol. The predicted molar refractivity (Wildman–Crippen MR) is 66.3 cm³/mol. The summed E-state index contributed by atoms with van der Waals surface area (Å²) < 4.78 is 0. The average Bonchev–Trinajstić information content (AvgIpc) is 2.78. The van der Waals surface area contributed by atoms with Gasteiger partial charge in [-0.1, -0.05) is 6.07 Å². The first-order valence-corrected chi connectivity index (χ1v) is 6.04. The predicted octanol–water partition coefficient (Wildman–Crippen LogP) is 0.995. The molecule has 1 aliphatic heterocycles. The minimum atomic E-state index is 0.560. The van der Waals surface area contributed by atoms with Gasteiger partial charge in [-0.3, -0.25) is 4.90 Å². The Bertz CT molecular complexity index is 410. The van der Waals surface area contributed by atoms with E-state index in [0.29, 0.717) is 5.69 Å². The van der Waals surface area contributed by atoms with E-state index < -0.39 is 0 Å². The van der Waals surface area contributed by atoms with Gasteiger partial charge in [0.1, 0.15) is 11.8 Å². The maximum atomic E-state index is 8.99. The van der Waals surface area contributed by atoms with Crippen LogP contribution in [0.25, 0.3) is 0 Å². The Hall–Kier alpha value is -1.44. The van der Waals surface area contributed by atoms with Gasteiger partial charge in [0, 0.05) is 24.8 Å². The number of likely N-dealkylation sites (tertiary alicyclic amines) is 1. The molecule has 1 N–H and O–H groups in total. The third kappa shape index (κ3) is 3.02. The van der Waals surface area contributed by atoms with Crippen molar-refractivity contribution in [1.82, 2.24) is 15.2 Å². The van der Waals surface area contributed by atoms with Crippen LogP contribution in [0.4, 0.5) is 0 Å². The molecular weight excluding hydrogens is 212 g/mol. The summed E-state index contributed by atoms with van der Waals surface area (Å²) in [5.74, 6) is 0.738. The minimum Gasteiger partial charge on any atom is -0.319 e. The van der Waals surface area contributed by atoms with Crippen LogP contribution >= 0.6 is 0 Å². The second kappa shape index (κ2) is 5.76. The molecule has 0 aromatic carbocycles. The van der Waals surface area contributed by atoms with Gasteiger partial charge in [-0.05, 0) is 38.5 Å². The van der Waals surface area contributed by atoms with Gasteiger partial charge < -0.3 is 5.32 Å². The Morgan fingerprint density at radius 1 is 1.65 bits per heavy atom. The number of rotatable bonds is 4. The maximum Gasteiger partial charge on any atom is 0.144 e. The highest BCUT2D eigenvalue weighted by atomic mass is 15.1. The molecule has 90 valence electrons. The number of hydrogen-bond acceptors (Lipinski definition) is 4. The first kappa shape index (κ1) is 12.0. The molecule has 4 heteroatoms. The highest BCUT2D eigenvalue weighted by molar-refractivity contribution is 5.30. The molecular formula is C13H18N4. The Balaban J connectivity index is 1.96. The van der Waals surface area contributed by atoms with Gasteiger partial charge >= 0.3 is 0 Å². The lowest BCUT2D eigenvalue weighted by atomic mass is 10.1. The molecule has 0 aliphatic carbocycles. The zero-order valence-corrected chi connectivity index (χ0v) is 10.2.